The highest BCUT2D eigenvalue weighted by atomic mass is 16.7. The summed E-state index contributed by atoms with van der Waals surface area (Å²) in [6, 6.07) is 19.6. The smallest absolute Gasteiger partial charge is 0.408 e. The van der Waals surface area contributed by atoms with Crippen LogP contribution in [0.4, 0.5) is 4.79 Å². The first-order valence-corrected chi connectivity index (χ1v) is 16.4. The van der Waals surface area contributed by atoms with Gasteiger partial charge in [-0.25, -0.2) is 4.79 Å². The summed E-state index contributed by atoms with van der Waals surface area (Å²) in [5.41, 5.74) is 3.85. The predicted octanol–water partition coefficient (Wildman–Crippen LogP) is 5.18. The van der Waals surface area contributed by atoms with Crippen LogP contribution in [0.5, 0.6) is 5.75 Å². The molecule has 10 nitrogen and oxygen atoms in total. The maximum Gasteiger partial charge on any atom is 0.408 e. The van der Waals surface area contributed by atoms with Gasteiger partial charge < -0.3 is 29.6 Å². The standard InChI is InChI=1S/C35H49N5O5/c1-4-42-33(43-5-2)15-10-18-36-23-29-22-30(39(3)38-29)25-44-31-14-9-13-28(21-31)34(27-11-7-6-8-12-27)37-35(41)45-32-24-40-19-16-26(32)17-20-40/h6-9,11-14,21-22,26,32-34,36H,4-5,10,15-20,23-25H2,1-3H3,(H,37,41)/t32-,34-/m0/s1. The molecule has 1 aromatic heterocycles. The minimum atomic E-state index is -0.381. The van der Waals surface area contributed by atoms with Gasteiger partial charge in [-0.2, -0.15) is 5.10 Å². The average molecular weight is 620 g/mol. The highest BCUT2D eigenvalue weighted by molar-refractivity contribution is 5.69. The van der Waals surface area contributed by atoms with Gasteiger partial charge in [0.25, 0.3) is 0 Å². The molecule has 0 aliphatic carbocycles. The molecule has 0 saturated carbocycles. The molecule has 6 rings (SSSR count). The van der Waals surface area contributed by atoms with Gasteiger partial charge in [-0.3, -0.25) is 9.58 Å². The van der Waals surface area contributed by atoms with Gasteiger partial charge in [-0.05, 0) is 94.4 Å². The number of hydrogen-bond acceptors (Lipinski definition) is 8. The monoisotopic (exact) mass is 619 g/mol. The van der Waals surface area contributed by atoms with Crippen molar-refractivity contribution in [2.24, 2.45) is 13.0 Å². The van der Waals surface area contributed by atoms with Crippen LogP contribution in [0.3, 0.4) is 0 Å². The molecule has 2 bridgehead atoms. The Morgan fingerprint density at radius 2 is 1.76 bits per heavy atom. The van der Waals surface area contributed by atoms with Crippen LogP contribution in [0.2, 0.25) is 0 Å². The second-order valence-electron chi connectivity index (χ2n) is 11.8. The predicted molar refractivity (Wildman–Crippen MR) is 173 cm³/mol. The topological polar surface area (TPSA) is 99.1 Å². The number of piperidine rings is 3. The molecule has 3 aliphatic heterocycles. The number of amides is 1. The van der Waals surface area contributed by atoms with Gasteiger partial charge in [0.1, 0.15) is 18.5 Å². The number of carbonyl (C=O) groups is 1. The molecule has 10 heteroatoms. The van der Waals surface area contributed by atoms with Crippen LogP contribution in [-0.2, 0) is 34.4 Å². The molecule has 2 aromatic carbocycles. The Kier molecular flexibility index (Phi) is 12.3. The number of ether oxygens (including phenoxy) is 4. The van der Waals surface area contributed by atoms with Gasteiger partial charge in [0.2, 0.25) is 0 Å². The number of hydrogen-bond donors (Lipinski definition) is 2. The van der Waals surface area contributed by atoms with Crippen molar-refractivity contribution in [1.29, 1.82) is 0 Å². The van der Waals surface area contributed by atoms with Crippen molar-refractivity contribution in [3.05, 3.63) is 83.2 Å². The summed E-state index contributed by atoms with van der Waals surface area (Å²) < 4.78 is 25.3. The van der Waals surface area contributed by atoms with Gasteiger partial charge in [0, 0.05) is 33.4 Å². The first-order chi connectivity index (χ1) is 22.0. The van der Waals surface area contributed by atoms with E-state index >= 15 is 0 Å². The zero-order chi connectivity index (χ0) is 31.4. The van der Waals surface area contributed by atoms with E-state index in [-0.39, 0.29) is 24.5 Å². The quantitative estimate of drug-likeness (QED) is 0.158. The highest BCUT2D eigenvalue weighted by Crippen LogP contribution is 2.31. The number of benzene rings is 2. The fourth-order valence-corrected chi connectivity index (χ4v) is 6.27. The molecule has 45 heavy (non-hydrogen) atoms. The van der Waals surface area contributed by atoms with Crippen molar-refractivity contribution in [1.82, 2.24) is 25.3 Å². The van der Waals surface area contributed by atoms with E-state index in [1.807, 2.05) is 80.2 Å². The third kappa shape index (κ3) is 9.53. The van der Waals surface area contributed by atoms with E-state index in [0.717, 1.165) is 80.1 Å². The number of fused-ring (bicyclic) bond motifs is 3. The average Bonchev–Trinajstić information content (AvgIpc) is 3.42. The van der Waals surface area contributed by atoms with Crippen molar-refractivity contribution in [3.8, 4) is 5.75 Å². The van der Waals surface area contributed by atoms with Crippen LogP contribution in [0, 0.1) is 5.92 Å². The van der Waals surface area contributed by atoms with Crippen molar-refractivity contribution >= 4 is 6.09 Å². The van der Waals surface area contributed by atoms with E-state index in [4.69, 9.17) is 18.9 Å². The van der Waals surface area contributed by atoms with Crippen LogP contribution in [0.25, 0.3) is 0 Å². The molecule has 0 spiro atoms. The Hall–Kier alpha value is -3.44. The summed E-state index contributed by atoms with van der Waals surface area (Å²) in [7, 11) is 1.93. The summed E-state index contributed by atoms with van der Waals surface area (Å²) in [6.07, 6.45) is 3.44. The van der Waals surface area contributed by atoms with E-state index in [1.165, 1.54) is 0 Å². The lowest BCUT2D eigenvalue weighted by Crippen LogP contribution is -2.52. The maximum atomic E-state index is 13.2. The van der Waals surface area contributed by atoms with Gasteiger partial charge in [-0.1, -0.05) is 42.5 Å². The number of aromatic nitrogens is 2. The molecule has 3 saturated heterocycles. The largest absolute Gasteiger partial charge is 0.487 e. The number of nitrogens with zero attached hydrogens (tertiary/aromatic N) is 3. The number of aryl methyl sites for hydroxylation is 1. The molecule has 4 heterocycles. The van der Waals surface area contributed by atoms with Crippen LogP contribution in [-0.4, -0.2) is 72.6 Å². The van der Waals surface area contributed by atoms with E-state index in [1.54, 1.807) is 0 Å². The third-order valence-electron chi connectivity index (χ3n) is 8.66. The number of carbonyl (C=O) groups excluding carboxylic acids is 1. The lowest BCUT2D eigenvalue weighted by molar-refractivity contribution is -0.139. The lowest BCUT2D eigenvalue weighted by atomic mass is 9.86. The van der Waals surface area contributed by atoms with E-state index < -0.39 is 0 Å². The molecule has 0 unspecified atom stereocenters. The van der Waals surface area contributed by atoms with Crippen LogP contribution >= 0.6 is 0 Å². The number of alkyl carbamates (subject to hydrolysis) is 1. The highest BCUT2D eigenvalue weighted by Gasteiger charge is 2.36. The zero-order valence-corrected chi connectivity index (χ0v) is 27.0. The molecule has 0 radical (unpaired) electrons. The van der Waals surface area contributed by atoms with Gasteiger partial charge in [0.05, 0.1) is 17.4 Å². The number of nitrogens with one attached hydrogen (secondary N) is 2. The van der Waals surface area contributed by atoms with Crippen LogP contribution in [0.1, 0.15) is 68.1 Å². The molecule has 2 atom stereocenters. The third-order valence-corrected chi connectivity index (χ3v) is 8.66. The molecule has 3 aliphatic rings. The lowest BCUT2D eigenvalue weighted by Gasteiger charge is -2.43. The molecule has 3 aromatic rings. The van der Waals surface area contributed by atoms with E-state index in [0.29, 0.717) is 32.3 Å². The molecular weight excluding hydrogens is 570 g/mol. The van der Waals surface area contributed by atoms with E-state index in [2.05, 4.69) is 26.7 Å². The first-order valence-electron chi connectivity index (χ1n) is 16.4. The van der Waals surface area contributed by atoms with Crippen molar-refractivity contribution < 1.29 is 23.7 Å². The Morgan fingerprint density at radius 3 is 2.47 bits per heavy atom. The molecule has 244 valence electrons. The molecule has 3 fully saturated rings. The molecule has 2 N–H and O–H groups in total. The van der Waals surface area contributed by atoms with Crippen molar-refractivity contribution in [2.75, 3.05) is 39.4 Å². The molecular formula is C35H49N5O5. The fraction of sp³-hybridized carbons (Fsp3) is 0.543. The second-order valence-corrected chi connectivity index (χ2v) is 11.8. The fourth-order valence-electron chi connectivity index (χ4n) is 6.27. The molecule has 1 amide bonds. The Morgan fingerprint density at radius 1 is 1.00 bits per heavy atom. The van der Waals surface area contributed by atoms with Crippen LogP contribution in [0.15, 0.2) is 60.7 Å². The Labute approximate surface area is 267 Å². The Balaban J connectivity index is 1.15. The Bertz CT molecular complexity index is 1320. The summed E-state index contributed by atoms with van der Waals surface area (Å²) >= 11 is 0. The van der Waals surface area contributed by atoms with Crippen molar-refractivity contribution in [3.63, 3.8) is 0 Å². The minimum absolute atomic E-state index is 0.0503. The van der Waals surface area contributed by atoms with Crippen LogP contribution < -0.4 is 15.4 Å². The zero-order valence-electron chi connectivity index (χ0n) is 27.0. The van der Waals surface area contributed by atoms with Gasteiger partial charge in [0.15, 0.2) is 6.29 Å². The van der Waals surface area contributed by atoms with Gasteiger partial charge >= 0.3 is 6.09 Å². The SMILES string of the molecule is CCOC(CCCNCc1cc(COc2cccc([C@@H](NC(=O)O[C@H]3CN4CCC3CC4)c3ccccc3)c2)n(C)n1)OCC. The summed E-state index contributed by atoms with van der Waals surface area (Å²) in [5, 5.41) is 11.3. The van der Waals surface area contributed by atoms with Gasteiger partial charge in [-0.15, -0.1) is 0 Å². The minimum Gasteiger partial charge on any atom is -0.487 e. The second kappa shape index (κ2) is 16.7. The first kappa shape index (κ1) is 32.9. The summed E-state index contributed by atoms with van der Waals surface area (Å²) in [4.78, 5) is 15.6. The normalized spacial score (nSPS) is 19.9. The van der Waals surface area contributed by atoms with E-state index in [9.17, 15) is 4.79 Å². The summed E-state index contributed by atoms with van der Waals surface area (Å²) in [6.45, 7) is 10.2. The maximum absolute atomic E-state index is 13.2. The number of rotatable bonds is 17. The summed E-state index contributed by atoms with van der Waals surface area (Å²) in [5.74, 6) is 1.18. The van der Waals surface area contributed by atoms with Crippen molar-refractivity contribution in [2.45, 2.75) is 71.1 Å².